The Labute approximate surface area is 308 Å². The predicted molar refractivity (Wildman–Crippen MR) is 220 cm³/mol. The number of hydrogen-bond donors (Lipinski definition) is 0. The number of rotatable bonds is 4. The summed E-state index contributed by atoms with van der Waals surface area (Å²) < 4.78 is 13.0. The van der Waals surface area contributed by atoms with Gasteiger partial charge in [0, 0.05) is 50.6 Å². The zero-order valence-electron chi connectivity index (χ0n) is 28.9. The van der Waals surface area contributed by atoms with E-state index in [4.69, 9.17) is 14.5 Å². The molecule has 0 aliphatic carbocycles. The van der Waals surface area contributed by atoms with Crippen LogP contribution in [0.3, 0.4) is 0 Å². The molecule has 0 aliphatic rings. The maximum atomic E-state index is 6.37. The third-order valence-corrected chi connectivity index (χ3v) is 10.9. The van der Waals surface area contributed by atoms with E-state index in [1.807, 2.05) is 41.0 Å². The lowest BCUT2D eigenvalue weighted by Gasteiger charge is -2.12. The van der Waals surface area contributed by atoms with Gasteiger partial charge in [-0.2, -0.15) is 9.61 Å². The maximum absolute atomic E-state index is 6.37. The Morgan fingerprint density at radius 2 is 1.19 bits per heavy atom. The molecule has 0 unspecified atom stereocenters. The first-order valence-electron chi connectivity index (χ1n) is 18.2. The van der Waals surface area contributed by atoms with Crippen LogP contribution in [0, 0.1) is 0 Å². The Kier molecular flexibility index (Phi) is 5.96. The van der Waals surface area contributed by atoms with Crippen LogP contribution in [0.1, 0.15) is 0 Å². The summed E-state index contributed by atoms with van der Waals surface area (Å²) >= 11 is 0. The molecule has 54 heavy (non-hydrogen) atoms. The highest BCUT2D eigenvalue weighted by atomic mass is 16.3. The Bertz CT molecular complexity index is 3450. The highest BCUT2D eigenvalue weighted by molar-refractivity contribution is 6.17. The molecule has 0 radical (unpaired) electrons. The van der Waals surface area contributed by atoms with Gasteiger partial charge < -0.3 is 8.98 Å². The second-order valence-corrected chi connectivity index (χ2v) is 13.9. The fourth-order valence-corrected chi connectivity index (χ4v) is 8.57. The highest BCUT2D eigenvalue weighted by Gasteiger charge is 2.22. The van der Waals surface area contributed by atoms with Crippen LogP contribution < -0.4 is 0 Å². The third-order valence-electron chi connectivity index (χ3n) is 10.9. The van der Waals surface area contributed by atoms with Crippen LogP contribution in [-0.2, 0) is 0 Å². The van der Waals surface area contributed by atoms with Gasteiger partial charge in [-0.1, -0.05) is 97.1 Å². The SMILES string of the molecule is c1ccc(-n2c3cccc(-c4cccc(-c5cccc(-n6c7ccccc7c7cc8c(cc76)oc6ccccc68)c5)c4)c3c3nc4cccnn4c32)cc1. The van der Waals surface area contributed by atoms with E-state index in [1.54, 1.807) is 0 Å². The number of fused-ring (bicyclic) bond motifs is 11. The van der Waals surface area contributed by atoms with Crippen molar-refractivity contribution in [3.63, 3.8) is 0 Å². The summed E-state index contributed by atoms with van der Waals surface area (Å²) in [6, 6.07) is 60.1. The predicted octanol–water partition coefficient (Wildman–Crippen LogP) is 12.2. The molecule has 6 nitrogen and oxygen atoms in total. The van der Waals surface area contributed by atoms with Gasteiger partial charge in [0.2, 0.25) is 0 Å². The molecule has 0 amide bonds. The van der Waals surface area contributed by atoms with E-state index in [-0.39, 0.29) is 0 Å². The van der Waals surface area contributed by atoms with Gasteiger partial charge in [-0.05, 0) is 89.0 Å². The second-order valence-electron chi connectivity index (χ2n) is 13.9. The van der Waals surface area contributed by atoms with Crippen molar-refractivity contribution in [2.45, 2.75) is 0 Å². The van der Waals surface area contributed by atoms with Crippen molar-refractivity contribution in [2.75, 3.05) is 0 Å². The van der Waals surface area contributed by atoms with Gasteiger partial charge in [0.15, 0.2) is 11.3 Å². The third kappa shape index (κ3) is 4.10. The molecule has 0 atom stereocenters. The lowest BCUT2D eigenvalue weighted by molar-refractivity contribution is 0.669. The minimum Gasteiger partial charge on any atom is -0.456 e. The number of benzene rings is 7. The minimum atomic E-state index is 0.820. The maximum Gasteiger partial charge on any atom is 0.168 e. The first kappa shape index (κ1) is 29.2. The van der Waals surface area contributed by atoms with Gasteiger partial charge in [-0.3, -0.25) is 4.57 Å². The van der Waals surface area contributed by atoms with Gasteiger partial charge in [0.25, 0.3) is 0 Å². The summed E-state index contributed by atoms with van der Waals surface area (Å²) in [7, 11) is 0. The minimum absolute atomic E-state index is 0.820. The number of imidazole rings is 1. The molecule has 0 fully saturated rings. The molecule has 0 aliphatic heterocycles. The van der Waals surface area contributed by atoms with E-state index in [1.165, 1.54) is 10.8 Å². The first-order chi connectivity index (χ1) is 26.8. The second kappa shape index (κ2) is 11.0. The van der Waals surface area contributed by atoms with Crippen LogP contribution in [0.4, 0.5) is 0 Å². The molecule has 12 aromatic rings. The zero-order chi connectivity index (χ0) is 35.3. The van der Waals surface area contributed by atoms with Crippen molar-refractivity contribution in [3.8, 4) is 33.6 Å². The summed E-state index contributed by atoms with van der Waals surface area (Å²) in [4.78, 5) is 5.15. The van der Waals surface area contributed by atoms with Crippen LogP contribution in [0.25, 0.3) is 105 Å². The monoisotopic (exact) mass is 691 g/mol. The standard InChI is InChI=1S/C48H29N5O/c1-2-15-33(16-3-1)52-41-22-10-20-35(46(41)47-48(52)53-45(50-47)24-11-25-49-53)32-14-8-12-30(26-32)31-13-9-17-34(27-31)51-40-21-6-4-18-36(40)38-28-39-37-19-5-7-23-43(37)54-44(39)29-42(38)51/h1-29H. The Morgan fingerprint density at radius 3 is 2.11 bits per heavy atom. The molecule has 6 heteroatoms. The molecule has 0 spiro atoms. The largest absolute Gasteiger partial charge is 0.456 e. The molecule has 5 aromatic heterocycles. The molecule has 0 saturated heterocycles. The van der Waals surface area contributed by atoms with Crippen LogP contribution in [0.15, 0.2) is 180 Å². The van der Waals surface area contributed by atoms with E-state index in [9.17, 15) is 0 Å². The fourth-order valence-electron chi connectivity index (χ4n) is 8.57. The van der Waals surface area contributed by atoms with Crippen LogP contribution >= 0.6 is 0 Å². The number of furan rings is 1. The Balaban J connectivity index is 1.04. The average molecular weight is 692 g/mol. The lowest BCUT2D eigenvalue weighted by Crippen LogP contribution is -1.99. The zero-order valence-corrected chi connectivity index (χ0v) is 28.9. The van der Waals surface area contributed by atoms with Crippen molar-refractivity contribution < 1.29 is 4.42 Å². The number of nitrogens with zero attached hydrogens (tertiary/aromatic N) is 5. The summed E-state index contributed by atoms with van der Waals surface area (Å²) in [5.41, 5.74) is 14.6. The topological polar surface area (TPSA) is 53.2 Å². The van der Waals surface area contributed by atoms with Gasteiger partial charge in [-0.15, -0.1) is 0 Å². The summed E-state index contributed by atoms with van der Waals surface area (Å²) in [5.74, 6) is 0. The molecule has 5 heterocycles. The number of para-hydroxylation sites is 3. The molecule has 7 aromatic carbocycles. The van der Waals surface area contributed by atoms with Crippen molar-refractivity contribution in [1.82, 2.24) is 23.7 Å². The van der Waals surface area contributed by atoms with Crippen LogP contribution in [0.2, 0.25) is 0 Å². The smallest absolute Gasteiger partial charge is 0.168 e. The van der Waals surface area contributed by atoms with E-state index in [0.717, 1.165) is 94.3 Å². The lowest BCUT2D eigenvalue weighted by atomic mass is 9.96. The fraction of sp³-hybridized carbons (Fsp3) is 0. The molecular weight excluding hydrogens is 663 g/mol. The van der Waals surface area contributed by atoms with Crippen molar-refractivity contribution in [1.29, 1.82) is 0 Å². The van der Waals surface area contributed by atoms with Gasteiger partial charge in [-0.25, -0.2) is 4.98 Å². The molecule has 252 valence electrons. The molecular formula is C48H29N5O. The number of aromatic nitrogens is 5. The van der Waals surface area contributed by atoms with E-state index >= 15 is 0 Å². The van der Waals surface area contributed by atoms with E-state index in [0.29, 0.717) is 0 Å². The first-order valence-corrected chi connectivity index (χ1v) is 18.2. The quantitative estimate of drug-likeness (QED) is 0.185. The van der Waals surface area contributed by atoms with Gasteiger partial charge in [0.05, 0.1) is 16.6 Å². The summed E-state index contributed by atoms with van der Waals surface area (Å²) in [6.07, 6.45) is 1.82. The normalized spacial score (nSPS) is 12.1. The Hall–Kier alpha value is -7.44. The molecule has 0 N–H and O–H groups in total. The van der Waals surface area contributed by atoms with Crippen LogP contribution in [-0.4, -0.2) is 23.7 Å². The molecule has 0 saturated carbocycles. The van der Waals surface area contributed by atoms with E-state index in [2.05, 4.69) is 149 Å². The van der Waals surface area contributed by atoms with Crippen LogP contribution in [0.5, 0.6) is 0 Å². The molecule has 12 rings (SSSR count). The molecule has 0 bridgehead atoms. The van der Waals surface area contributed by atoms with Crippen molar-refractivity contribution in [3.05, 3.63) is 176 Å². The Morgan fingerprint density at radius 1 is 0.444 bits per heavy atom. The summed E-state index contributed by atoms with van der Waals surface area (Å²) in [6.45, 7) is 0. The average Bonchev–Trinajstić information content (AvgIpc) is 3.97. The summed E-state index contributed by atoms with van der Waals surface area (Å²) in [5, 5.41) is 10.5. The van der Waals surface area contributed by atoms with Gasteiger partial charge in [0.1, 0.15) is 16.7 Å². The van der Waals surface area contributed by atoms with Gasteiger partial charge >= 0.3 is 0 Å². The van der Waals surface area contributed by atoms with Crippen molar-refractivity contribution in [2.24, 2.45) is 0 Å². The van der Waals surface area contributed by atoms with Crippen molar-refractivity contribution >= 4 is 71.5 Å². The highest BCUT2D eigenvalue weighted by Crippen LogP contribution is 2.41. The number of hydrogen-bond acceptors (Lipinski definition) is 3. The van der Waals surface area contributed by atoms with E-state index < -0.39 is 0 Å².